The Bertz CT molecular complexity index is 820. The maximum atomic E-state index is 14.3. The Morgan fingerprint density at radius 3 is 2.19 bits per heavy atom. The quantitative estimate of drug-likeness (QED) is 0.442. The van der Waals surface area contributed by atoms with Crippen LogP contribution in [0.5, 0.6) is 0 Å². The van der Waals surface area contributed by atoms with Crippen molar-refractivity contribution in [3.05, 3.63) is 40.4 Å². The molecule has 1 aromatic carbocycles. The third-order valence-corrected chi connectivity index (χ3v) is 3.55. The van der Waals surface area contributed by atoms with E-state index < -0.39 is 71.4 Å². The van der Waals surface area contributed by atoms with Gasteiger partial charge in [0.15, 0.2) is 11.6 Å². The van der Waals surface area contributed by atoms with Gasteiger partial charge in [-0.15, -0.1) is 0 Å². The molecular formula is C15H11F6NO5. The van der Waals surface area contributed by atoms with Gasteiger partial charge in [0.25, 0.3) is 0 Å². The average Bonchev–Trinajstić information content (AvgIpc) is 2.61. The van der Waals surface area contributed by atoms with Crippen LogP contribution in [0.15, 0.2) is 17.3 Å². The van der Waals surface area contributed by atoms with E-state index in [9.17, 15) is 35.9 Å². The molecular weight excluding hydrogens is 388 g/mol. The second-order valence-corrected chi connectivity index (χ2v) is 5.09. The molecule has 0 amide bonds. The number of methoxy groups -OCH3 is 2. The van der Waals surface area contributed by atoms with Gasteiger partial charge in [-0.05, 0) is 0 Å². The van der Waals surface area contributed by atoms with E-state index in [4.69, 9.17) is 4.74 Å². The summed E-state index contributed by atoms with van der Waals surface area (Å²) in [7, 11) is 1.86. The molecule has 0 fully saturated rings. The molecule has 1 heterocycles. The van der Waals surface area contributed by atoms with E-state index in [-0.39, 0.29) is 6.07 Å². The van der Waals surface area contributed by atoms with Crippen LogP contribution >= 0.6 is 0 Å². The molecule has 6 nitrogen and oxygen atoms in total. The molecule has 0 N–H and O–H groups in total. The minimum absolute atomic E-state index is 0.0355. The highest BCUT2D eigenvalue weighted by atomic mass is 19.4. The molecule has 0 aromatic heterocycles. The number of nitrogens with zero attached hydrogens (tertiary/aromatic N) is 1. The number of hydrogen-bond acceptors (Lipinski definition) is 6. The number of alkyl halides is 3. The van der Waals surface area contributed by atoms with Gasteiger partial charge in [0, 0.05) is 6.07 Å². The van der Waals surface area contributed by atoms with Crippen LogP contribution in [0.3, 0.4) is 0 Å². The third-order valence-electron chi connectivity index (χ3n) is 3.55. The fourth-order valence-electron chi connectivity index (χ4n) is 2.37. The van der Waals surface area contributed by atoms with Gasteiger partial charge in [-0.2, -0.15) is 13.2 Å². The lowest BCUT2D eigenvalue weighted by molar-refractivity contribution is -0.143. The standard InChI is InChI=1S/C15H11F6NO5/c1-25-13(23)6-4-27-5-22(12(6)14(24)26-2)8-3-7(16)9(15(19,20)21)11(18)10(8)17/h3H,4-5H2,1-2H3. The van der Waals surface area contributed by atoms with Gasteiger partial charge in [-0.25, -0.2) is 22.8 Å². The molecule has 0 radical (unpaired) electrons. The second-order valence-electron chi connectivity index (χ2n) is 5.09. The molecule has 0 atom stereocenters. The van der Waals surface area contributed by atoms with Gasteiger partial charge in [-0.1, -0.05) is 0 Å². The highest BCUT2D eigenvalue weighted by molar-refractivity contribution is 6.03. The van der Waals surface area contributed by atoms with Crippen molar-refractivity contribution in [2.45, 2.75) is 6.18 Å². The Morgan fingerprint density at radius 2 is 1.67 bits per heavy atom. The topological polar surface area (TPSA) is 65.1 Å². The molecule has 2 rings (SSSR count). The Labute approximate surface area is 147 Å². The summed E-state index contributed by atoms with van der Waals surface area (Å²) in [6, 6.07) is 0.0355. The number of ether oxygens (including phenoxy) is 3. The van der Waals surface area contributed by atoms with Crippen molar-refractivity contribution in [3.63, 3.8) is 0 Å². The zero-order chi connectivity index (χ0) is 20.5. The minimum atomic E-state index is -5.50. The predicted molar refractivity (Wildman–Crippen MR) is 75.7 cm³/mol. The van der Waals surface area contributed by atoms with Crippen molar-refractivity contribution >= 4 is 17.6 Å². The van der Waals surface area contributed by atoms with Crippen LogP contribution in [0, 0.1) is 17.5 Å². The predicted octanol–water partition coefficient (Wildman–Crippen LogP) is 2.52. The molecule has 0 bridgehead atoms. The largest absolute Gasteiger partial charge is 0.466 e. The number of benzene rings is 1. The fraction of sp³-hybridized carbons (Fsp3) is 0.333. The van der Waals surface area contributed by atoms with E-state index >= 15 is 0 Å². The Hall–Kier alpha value is -2.76. The Balaban J connectivity index is 2.72. The SMILES string of the molecule is COC(=O)C1=C(C(=O)OC)N(c2cc(F)c(C(F)(F)F)c(F)c2F)COC1. The molecule has 0 spiro atoms. The first-order valence-corrected chi connectivity index (χ1v) is 7.04. The summed E-state index contributed by atoms with van der Waals surface area (Å²) in [5, 5.41) is 0. The van der Waals surface area contributed by atoms with Gasteiger partial charge < -0.3 is 19.1 Å². The third kappa shape index (κ3) is 3.70. The molecule has 1 aliphatic heterocycles. The average molecular weight is 399 g/mol. The van der Waals surface area contributed by atoms with Crippen molar-refractivity contribution in [1.29, 1.82) is 0 Å². The van der Waals surface area contributed by atoms with E-state index in [1.165, 1.54) is 0 Å². The number of carbonyl (C=O) groups is 2. The van der Waals surface area contributed by atoms with E-state index in [2.05, 4.69) is 9.47 Å². The summed E-state index contributed by atoms with van der Waals surface area (Å²) in [5.74, 6) is -9.04. The molecule has 0 saturated heterocycles. The minimum Gasteiger partial charge on any atom is -0.466 e. The lowest BCUT2D eigenvalue weighted by Gasteiger charge is -2.31. The number of rotatable bonds is 3. The molecule has 1 aromatic rings. The summed E-state index contributed by atoms with van der Waals surface area (Å²) < 4.78 is 94.0. The van der Waals surface area contributed by atoms with Gasteiger partial charge in [-0.3, -0.25) is 0 Å². The monoisotopic (exact) mass is 399 g/mol. The van der Waals surface area contributed by atoms with E-state index in [0.717, 1.165) is 14.2 Å². The maximum Gasteiger partial charge on any atom is 0.422 e. The lowest BCUT2D eigenvalue weighted by Crippen LogP contribution is -2.39. The van der Waals surface area contributed by atoms with Crippen molar-refractivity contribution < 1.29 is 50.1 Å². The molecule has 148 valence electrons. The number of halogens is 6. The summed E-state index contributed by atoms with van der Waals surface area (Å²) in [6.07, 6.45) is -5.50. The van der Waals surface area contributed by atoms with Crippen LogP contribution in [-0.4, -0.2) is 39.5 Å². The summed E-state index contributed by atoms with van der Waals surface area (Å²) in [4.78, 5) is 24.3. The molecule has 0 unspecified atom stereocenters. The molecule has 1 aliphatic rings. The zero-order valence-electron chi connectivity index (χ0n) is 13.7. The van der Waals surface area contributed by atoms with Crippen LogP contribution in [0.2, 0.25) is 0 Å². The van der Waals surface area contributed by atoms with Gasteiger partial charge >= 0.3 is 18.1 Å². The van der Waals surface area contributed by atoms with Crippen molar-refractivity contribution in [3.8, 4) is 0 Å². The van der Waals surface area contributed by atoms with Crippen molar-refractivity contribution in [2.75, 3.05) is 32.5 Å². The van der Waals surface area contributed by atoms with Gasteiger partial charge in [0.1, 0.15) is 23.8 Å². The van der Waals surface area contributed by atoms with Gasteiger partial charge in [0.2, 0.25) is 0 Å². The first-order chi connectivity index (χ1) is 12.5. The zero-order valence-corrected chi connectivity index (χ0v) is 13.7. The number of hydrogen-bond donors (Lipinski definition) is 0. The number of anilines is 1. The van der Waals surface area contributed by atoms with Crippen LogP contribution in [0.1, 0.15) is 5.56 Å². The van der Waals surface area contributed by atoms with Crippen LogP contribution in [-0.2, 0) is 30.0 Å². The summed E-state index contributed by atoms with van der Waals surface area (Å²) in [6.45, 7) is -1.19. The Morgan fingerprint density at radius 1 is 1.07 bits per heavy atom. The summed E-state index contributed by atoms with van der Waals surface area (Å²) in [5.41, 5.74) is -4.69. The lowest BCUT2D eigenvalue weighted by atomic mass is 10.1. The highest BCUT2D eigenvalue weighted by Crippen LogP contribution is 2.39. The normalized spacial score (nSPS) is 15.0. The molecule has 0 aliphatic carbocycles. The van der Waals surface area contributed by atoms with Gasteiger partial charge in [0.05, 0.1) is 32.1 Å². The fourth-order valence-corrected chi connectivity index (χ4v) is 2.37. The van der Waals surface area contributed by atoms with Crippen LogP contribution < -0.4 is 4.90 Å². The first kappa shape index (κ1) is 20.6. The molecule has 27 heavy (non-hydrogen) atoms. The summed E-state index contributed by atoms with van der Waals surface area (Å²) >= 11 is 0. The van der Waals surface area contributed by atoms with Crippen LogP contribution in [0.4, 0.5) is 32.0 Å². The van der Waals surface area contributed by atoms with Crippen LogP contribution in [0.25, 0.3) is 0 Å². The maximum absolute atomic E-state index is 14.3. The van der Waals surface area contributed by atoms with E-state index in [0.29, 0.717) is 4.90 Å². The Kier molecular flexibility index (Phi) is 5.68. The second kappa shape index (κ2) is 7.47. The van der Waals surface area contributed by atoms with Crippen molar-refractivity contribution in [1.82, 2.24) is 0 Å². The molecule has 12 heteroatoms. The smallest absolute Gasteiger partial charge is 0.422 e. The van der Waals surface area contributed by atoms with Crippen molar-refractivity contribution in [2.24, 2.45) is 0 Å². The highest BCUT2D eigenvalue weighted by Gasteiger charge is 2.42. The molecule has 0 saturated carbocycles. The van der Waals surface area contributed by atoms with E-state index in [1.54, 1.807) is 0 Å². The number of esters is 2. The first-order valence-electron chi connectivity index (χ1n) is 7.04. The van der Waals surface area contributed by atoms with E-state index in [1.807, 2.05) is 0 Å². The number of carbonyl (C=O) groups excluding carboxylic acids is 2.